The Kier molecular flexibility index (Phi) is 3.15. The third kappa shape index (κ3) is 2.25. The van der Waals surface area contributed by atoms with Crippen LogP contribution in [0.1, 0.15) is 13.8 Å². The minimum Gasteiger partial charge on any atom is -0.308 e. The highest BCUT2D eigenvalue weighted by atomic mass is 32.2. The van der Waals surface area contributed by atoms with Crippen LogP contribution in [0, 0.1) is 0 Å². The summed E-state index contributed by atoms with van der Waals surface area (Å²) in [4.78, 5) is 0. The van der Waals surface area contributed by atoms with E-state index in [2.05, 4.69) is 0 Å². The van der Waals surface area contributed by atoms with Gasteiger partial charge in [0.25, 0.3) is 0 Å². The first-order valence-corrected chi connectivity index (χ1v) is 6.04. The second kappa shape index (κ2) is 4.00. The van der Waals surface area contributed by atoms with Crippen molar-refractivity contribution in [2.24, 2.45) is 7.05 Å². The molecule has 6 heteroatoms. The molecule has 1 aromatic rings. The van der Waals surface area contributed by atoms with E-state index in [1.54, 1.807) is 35.5 Å². The lowest BCUT2D eigenvalue weighted by atomic mass is 10.7. The van der Waals surface area contributed by atoms with Crippen molar-refractivity contribution in [3.63, 3.8) is 0 Å². The minimum absolute atomic E-state index is 0.0259. The fourth-order valence-electron chi connectivity index (χ4n) is 1.03. The van der Waals surface area contributed by atoms with Gasteiger partial charge in [-0.05, 0) is 13.8 Å². The van der Waals surface area contributed by atoms with E-state index in [0.717, 1.165) is 0 Å². The summed E-state index contributed by atoms with van der Waals surface area (Å²) in [5.74, 6) is -0.0259. The molecule has 1 rings (SSSR count). The van der Waals surface area contributed by atoms with E-state index >= 15 is 0 Å². The topological polar surface area (TPSA) is 52.2 Å². The molecule has 0 aliphatic rings. The van der Waals surface area contributed by atoms with E-state index in [0.29, 0.717) is 12.6 Å². The highest BCUT2D eigenvalue weighted by molar-refractivity contribution is 7.87. The van der Waals surface area contributed by atoms with Gasteiger partial charge in [0.05, 0.1) is 19.3 Å². The Morgan fingerprint density at radius 2 is 2.14 bits per heavy atom. The Hall–Kier alpha value is -1.04. The maximum absolute atomic E-state index is 11.2. The number of hydrogen-bond donors (Lipinski definition) is 0. The van der Waals surface area contributed by atoms with E-state index in [-0.39, 0.29) is 5.75 Å². The van der Waals surface area contributed by atoms with E-state index in [9.17, 15) is 8.42 Å². The van der Waals surface area contributed by atoms with Gasteiger partial charge < -0.3 is 4.18 Å². The third-order valence-electron chi connectivity index (χ3n) is 1.91. The first-order chi connectivity index (χ1) is 6.50. The molecule has 1 heterocycles. The van der Waals surface area contributed by atoms with Gasteiger partial charge in [-0.3, -0.25) is 0 Å². The molecular weight excluding hydrogens is 204 g/mol. The van der Waals surface area contributed by atoms with Crippen LogP contribution in [0.5, 0.6) is 6.01 Å². The average molecular weight is 219 g/mol. The fourth-order valence-corrected chi connectivity index (χ4v) is 1.59. The quantitative estimate of drug-likeness (QED) is 0.531. The average Bonchev–Trinajstić information content (AvgIpc) is 2.48. The summed E-state index contributed by atoms with van der Waals surface area (Å²) >= 11 is 0. The second-order valence-electron chi connectivity index (χ2n) is 2.91. The van der Waals surface area contributed by atoms with Gasteiger partial charge in [0.1, 0.15) is 12.4 Å². The van der Waals surface area contributed by atoms with Gasteiger partial charge in [-0.1, -0.05) is 0 Å². The molecule has 14 heavy (non-hydrogen) atoms. The molecule has 0 aromatic carbocycles. The first kappa shape index (κ1) is 11.0. The third-order valence-corrected chi connectivity index (χ3v) is 3.02. The molecular formula is C8H15N2O3S+. The molecule has 0 radical (unpaired) electrons. The predicted molar refractivity (Wildman–Crippen MR) is 51.4 cm³/mol. The standard InChI is InChI=1S/C8H15N2O3S/c1-4-10-7-6-9(3)8(10)13-14(11,12)5-2/h6-7H,4-5H2,1-3H3/q+1. The first-order valence-electron chi connectivity index (χ1n) is 4.47. The molecule has 1 aromatic heterocycles. The molecule has 0 N–H and O–H groups in total. The highest BCUT2D eigenvalue weighted by Gasteiger charge is 2.21. The lowest BCUT2D eigenvalue weighted by Gasteiger charge is -2.01. The summed E-state index contributed by atoms with van der Waals surface area (Å²) in [7, 11) is -1.70. The predicted octanol–water partition coefficient (Wildman–Crippen LogP) is 0.0610. The summed E-state index contributed by atoms with van der Waals surface area (Å²) in [6.07, 6.45) is 3.53. The Bertz CT molecular complexity index is 408. The van der Waals surface area contributed by atoms with Crippen LogP contribution in [0.2, 0.25) is 0 Å². The van der Waals surface area contributed by atoms with Gasteiger partial charge >= 0.3 is 16.1 Å². The maximum atomic E-state index is 11.2. The van der Waals surface area contributed by atoms with Gasteiger partial charge in [0.2, 0.25) is 0 Å². The summed E-state index contributed by atoms with van der Waals surface area (Å²) in [5.41, 5.74) is 0. The van der Waals surface area contributed by atoms with Gasteiger partial charge in [0, 0.05) is 0 Å². The van der Waals surface area contributed by atoms with Gasteiger partial charge in [-0.25, -0.2) is 0 Å². The lowest BCUT2D eigenvalue weighted by molar-refractivity contribution is -0.674. The van der Waals surface area contributed by atoms with Crippen LogP contribution in [0.3, 0.4) is 0 Å². The SMILES string of the molecule is CCn1cc[n+](C)c1OS(=O)(=O)CC. The van der Waals surface area contributed by atoms with Crippen molar-refractivity contribution in [1.82, 2.24) is 4.57 Å². The molecule has 0 fully saturated rings. The van der Waals surface area contributed by atoms with Crippen LogP contribution in [-0.2, 0) is 23.7 Å². The molecule has 0 aliphatic carbocycles. The van der Waals surface area contributed by atoms with Crippen LogP contribution in [0.4, 0.5) is 0 Å². The number of nitrogens with zero attached hydrogens (tertiary/aromatic N) is 2. The molecule has 80 valence electrons. The Morgan fingerprint density at radius 1 is 1.50 bits per heavy atom. The molecule has 0 saturated carbocycles. The normalized spacial score (nSPS) is 11.6. The summed E-state index contributed by atoms with van der Waals surface area (Å²) in [6.45, 7) is 4.15. The van der Waals surface area contributed by atoms with Crippen molar-refractivity contribution in [3.05, 3.63) is 12.4 Å². The van der Waals surface area contributed by atoms with Gasteiger partial charge in [-0.2, -0.15) is 17.6 Å². The van der Waals surface area contributed by atoms with E-state index in [4.69, 9.17) is 4.18 Å². The van der Waals surface area contributed by atoms with Crippen molar-refractivity contribution in [3.8, 4) is 6.01 Å². The molecule has 0 atom stereocenters. The largest absolute Gasteiger partial charge is 0.471 e. The van der Waals surface area contributed by atoms with Gasteiger partial charge in [0.15, 0.2) is 0 Å². The Labute approximate surface area is 84.1 Å². The lowest BCUT2D eigenvalue weighted by Crippen LogP contribution is -2.31. The highest BCUT2D eigenvalue weighted by Crippen LogP contribution is 2.07. The summed E-state index contributed by atoms with van der Waals surface area (Å²) in [6, 6.07) is 0.342. The number of hydrogen-bond acceptors (Lipinski definition) is 3. The molecule has 0 bridgehead atoms. The van der Waals surface area contributed by atoms with Crippen molar-refractivity contribution < 1.29 is 17.2 Å². The van der Waals surface area contributed by atoms with E-state index in [1.807, 2.05) is 6.92 Å². The number of aryl methyl sites for hydroxylation is 2. The molecule has 0 unspecified atom stereocenters. The van der Waals surface area contributed by atoms with Crippen molar-refractivity contribution >= 4 is 10.1 Å². The monoisotopic (exact) mass is 219 g/mol. The van der Waals surface area contributed by atoms with Crippen molar-refractivity contribution in [1.29, 1.82) is 0 Å². The fraction of sp³-hybridized carbons (Fsp3) is 0.625. The molecule has 0 spiro atoms. The number of imidazole rings is 1. The zero-order chi connectivity index (χ0) is 10.8. The Morgan fingerprint density at radius 3 is 2.64 bits per heavy atom. The molecule has 5 nitrogen and oxygen atoms in total. The van der Waals surface area contributed by atoms with Crippen LogP contribution in [-0.4, -0.2) is 18.7 Å². The van der Waals surface area contributed by atoms with Crippen LogP contribution >= 0.6 is 0 Å². The summed E-state index contributed by atoms with van der Waals surface area (Å²) in [5, 5.41) is 0. The second-order valence-corrected chi connectivity index (χ2v) is 4.77. The number of aromatic nitrogens is 2. The zero-order valence-corrected chi connectivity index (χ0v) is 9.41. The molecule has 0 amide bonds. The summed E-state index contributed by atoms with van der Waals surface area (Å²) < 4.78 is 30.8. The van der Waals surface area contributed by atoms with Crippen molar-refractivity contribution in [2.45, 2.75) is 20.4 Å². The zero-order valence-electron chi connectivity index (χ0n) is 8.60. The van der Waals surface area contributed by atoms with Crippen LogP contribution < -0.4 is 8.75 Å². The van der Waals surface area contributed by atoms with E-state index in [1.165, 1.54) is 0 Å². The van der Waals surface area contributed by atoms with E-state index < -0.39 is 10.1 Å². The van der Waals surface area contributed by atoms with Crippen molar-refractivity contribution in [2.75, 3.05) is 5.75 Å². The minimum atomic E-state index is -3.44. The van der Waals surface area contributed by atoms with Crippen LogP contribution in [0.15, 0.2) is 12.4 Å². The Balaban J connectivity index is 3.01. The van der Waals surface area contributed by atoms with Gasteiger partial charge in [-0.15, -0.1) is 0 Å². The number of rotatable bonds is 4. The van der Waals surface area contributed by atoms with Crippen LogP contribution in [0.25, 0.3) is 0 Å². The molecule has 0 saturated heterocycles. The smallest absolute Gasteiger partial charge is 0.308 e. The molecule has 0 aliphatic heterocycles. The maximum Gasteiger partial charge on any atom is 0.471 e.